The number of aromatic nitrogens is 2. The topological polar surface area (TPSA) is 78.5 Å². The average Bonchev–Trinajstić information content (AvgIpc) is 2.46. The molecule has 2 rings (SSSR count). The second kappa shape index (κ2) is 6.63. The molecule has 1 saturated heterocycles. The molecule has 6 nitrogen and oxygen atoms in total. The van der Waals surface area contributed by atoms with Gasteiger partial charge in [0, 0.05) is 44.6 Å². The molecule has 1 aromatic rings. The summed E-state index contributed by atoms with van der Waals surface area (Å²) in [4.78, 5) is 13.1. The molecule has 1 aromatic heterocycles. The van der Waals surface area contributed by atoms with Crippen molar-refractivity contribution in [3.05, 3.63) is 18.5 Å². The maximum atomic E-state index is 8.89. The first-order valence-electron chi connectivity index (χ1n) is 6.40. The van der Waals surface area contributed by atoms with Gasteiger partial charge >= 0.3 is 0 Å². The highest BCUT2D eigenvalue weighted by atomic mass is 16.3. The van der Waals surface area contributed by atoms with E-state index in [1.165, 1.54) is 0 Å². The number of hydrogen-bond donors (Lipinski definition) is 2. The van der Waals surface area contributed by atoms with E-state index < -0.39 is 0 Å². The molecule has 0 spiro atoms. The smallest absolute Gasteiger partial charge is 0.225 e. The number of aliphatic hydroxyl groups is 1. The fourth-order valence-electron chi connectivity index (χ4n) is 2.07. The Morgan fingerprint density at radius 2 is 1.89 bits per heavy atom. The van der Waals surface area contributed by atoms with Crippen LogP contribution < -0.4 is 10.6 Å². The Labute approximate surface area is 107 Å². The Morgan fingerprint density at radius 3 is 2.50 bits per heavy atom. The molecule has 1 fully saturated rings. The van der Waals surface area contributed by atoms with Crippen molar-refractivity contribution in [1.82, 2.24) is 14.9 Å². The van der Waals surface area contributed by atoms with Gasteiger partial charge in [-0.1, -0.05) is 0 Å². The molecule has 1 atom stereocenters. The lowest BCUT2D eigenvalue weighted by Crippen LogP contribution is -2.48. The average molecular weight is 251 g/mol. The fraction of sp³-hybridized carbons (Fsp3) is 0.667. The molecule has 18 heavy (non-hydrogen) atoms. The van der Waals surface area contributed by atoms with Crippen LogP contribution in [0.2, 0.25) is 0 Å². The van der Waals surface area contributed by atoms with Gasteiger partial charge in [-0.15, -0.1) is 0 Å². The molecule has 1 unspecified atom stereocenters. The highest BCUT2D eigenvalue weighted by Crippen LogP contribution is 2.09. The van der Waals surface area contributed by atoms with E-state index in [-0.39, 0.29) is 12.6 Å². The lowest BCUT2D eigenvalue weighted by molar-refractivity contribution is 0.216. The van der Waals surface area contributed by atoms with Crippen molar-refractivity contribution in [2.75, 3.05) is 44.2 Å². The third-order valence-electron chi connectivity index (χ3n) is 3.26. The molecule has 2 heterocycles. The molecule has 3 N–H and O–H groups in total. The van der Waals surface area contributed by atoms with Crippen LogP contribution in [-0.4, -0.2) is 65.3 Å². The molecular formula is C12H21N5O. The second-order valence-corrected chi connectivity index (χ2v) is 4.61. The predicted octanol–water partition coefficient (Wildman–Crippen LogP) is -0.692. The second-order valence-electron chi connectivity index (χ2n) is 4.61. The predicted molar refractivity (Wildman–Crippen MR) is 70.4 cm³/mol. The first-order valence-corrected chi connectivity index (χ1v) is 6.40. The third-order valence-corrected chi connectivity index (χ3v) is 3.26. The lowest BCUT2D eigenvalue weighted by Gasteiger charge is -2.34. The van der Waals surface area contributed by atoms with Gasteiger partial charge in [0.25, 0.3) is 0 Å². The highest BCUT2D eigenvalue weighted by Gasteiger charge is 2.18. The van der Waals surface area contributed by atoms with E-state index in [2.05, 4.69) is 19.8 Å². The first-order chi connectivity index (χ1) is 8.79. The van der Waals surface area contributed by atoms with Crippen LogP contribution in [0.5, 0.6) is 0 Å². The highest BCUT2D eigenvalue weighted by molar-refractivity contribution is 5.29. The zero-order valence-electron chi connectivity index (χ0n) is 10.6. The maximum Gasteiger partial charge on any atom is 0.225 e. The Hall–Kier alpha value is -1.24. The molecule has 6 heteroatoms. The summed E-state index contributed by atoms with van der Waals surface area (Å²) in [5, 5.41) is 8.89. The summed E-state index contributed by atoms with van der Waals surface area (Å²) in [7, 11) is 0. The van der Waals surface area contributed by atoms with Crippen molar-refractivity contribution >= 4 is 5.95 Å². The van der Waals surface area contributed by atoms with Crippen molar-refractivity contribution in [3.63, 3.8) is 0 Å². The first kappa shape index (κ1) is 13.2. The molecular weight excluding hydrogens is 230 g/mol. The largest absolute Gasteiger partial charge is 0.395 e. The lowest BCUT2D eigenvalue weighted by atomic mass is 10.2. The van der Waals surface area contributed by atoms with Gasteiger partial charge in [0.15, 0.2) is 0 Å². The number of piperazine rings is 1. The summed E-state index contributed by atoms with van der Waals surface area (Å²) in [6.45, 7) is 4.90. The molecule has 0 bridgehead atoms. The normalized spacial score (nSPS) is 18.9. The van der Waals surface area contributed by atoms with E-state index >= 15 is 0 Å². The Balaban J connectivity index is 1.75. The van der Waals surface area contributed by atoms with Crippen LogP contribution in [0.1, 0.15) is 6.42 Å². The van der Waals surface area contributed by atoms with Crippen LogP contribution in [-0.2, 0) is 0 Å². The minimum absolute atomic E-state index is 0.0673. The molecule has 0 aliphatic carbocycles. The van der Waals surface area contributed by atoms with Gasteiger partial charge in [-0.2, -0.15) is 0 Å². The molecule has 0 amide bonds. The summed E-state index contributed by atoms with van der Waals surface area (Å²) in [5.74, 6) is 0.809. The monoisotopic (exact) mass is 251 g/mol. The van der Waals surface area contributed by atoms with Gasteiger partial charge in [0.05, 0.1) is 6.61 Å². The van der Waals surface area contributed by atoms with Crippen LogP contribution in [0.4, 0.5) is 5.95 Å². The van der Waals surface area contributed by atoms with Crippen molar-refractivity contribution < 1.29 is 5.11 Å². The quantitative estimate of drug-likeness (QED) is 0.721. The number of rotatable bonds is 5. The molecule has 0 saturated carbocycles. The summed E-state index contributed by atoms with van der Waals surface area (Å²) < 4.78 is 0. The van der Waals surface area contributed by atoms with Gasteiger partial charge in [0.1, 0.15) is 0 Å². The Morgan fingerprint density at radius 1 is 1.22 bits per heavy atom. The maximum absolute atomic E-state index is 8.89. The summed E-state index contributed by atoms with van der Waals surface area (Å²) in [5.41, 5.74) is 5.70. The van der Waals surface area contributed by atoms with Crippen molar-refractivity contribution in [2.24, 2.45) is 5.73 Å². The standard InChI is InChI=1S/C12H21N5O/c13-11(10-18)2-5-16-6-8-17(9-7-16)12-14-3-1-4-15-12/h1,3-4,11,18H,2,5-10,13H2. The van der Waals surface area contributed by atoms with E-state index in [9.17, 15) is 0 Å². The molecule has 1 aliphatic rings. The number of hydrogen-bond acceptors (Lipinski definition) is 6. The van der Waals surface area contributed by atoms with E-state index in [1.54, 1.807) is 12.4 Å². The van der Waals surface area contributed by atoms with Gasteiger partial charge in [-0.3, -0.25) is 4.90 Å². The molecule has 100 valence electrons. The molecule has 1 aliphatic heterocycles. The van der Waals surface area contributed by atoms with Crippen molar-refractivity contribution in [2.45, 2.75) is 12.5 Å². The molecule has 0 radical (unpaired) electrons. The minimum atomic E-state index is -0.0968. The van der Waals surface area contributed by atoms with Gasteiger partial charge in [0.2, 0.25) is 5.95 Å². The van der Waals surface area contributed by atoms with Crippen molar-refractivity contribution in [3.8, 4) is 0 Å². The van der Waals surface area contributed by atoms with E-state index in [0.29, 0.717) is 0 Å². The Bertz CT molecular complexity index is 340. The van der Waals surface area contributed by atoms with Gasteiger partial charge in [-0.05, 0) is 19.0 Å². The van der Waals surface area contributed by atoms with Crippen LogP contribution >= 0.6 is 0 Å². The summed E-state index contributed by atoms with van der Waals surface area (Å²) >= 11 is 0. The fourth-order valence-corrected chi connectivity index (χ4v) is 2.07. The summed E-state index contributed by atoms with van der Waals surface area (Å²) in [6, 6.07) is 1.73. The van der Waals surface area contributed by atoms with E-state index in [4.69, 9.17) is 10.8 Å². The zero-order valence-corrected chi connectivity index (χ0v) is 10.6. The van der Waals surface area contributed by atoms with Gasteiger partial charge in [-0.25, -0.2) is 9.97 Å². The van der Waals surface area contributed by atoms with Crippen LogP contribution in [0.15, 0.2) is 18.5 Å². The zero-order chi connectivity index (χ0) is 12.8. The SMILES string of the molecule is NC(CO)CCN1CCN(c2ncccn2)CC1. The Kier molecular flexibility index (Phi) is 4.86. The van der Waals surface area contributed by atoms with E-state index in [0.717, 1.165) is 45.1 Å². The number of nitrogens with two attached hydrogens (primary N) is 1. The number of anilines is 1. The minimum Gasteiger partial charge on any atom is -0.395 e. The number of nitrogens with zero attached hydrogens (tertiary/aromatic N) is 4. The van der Waals surface area contributed by atoms with Crippen LogP contribution in [0.25, 0.3) is 0 Å². The van der Waals surface area contributed by atoms with Gasteiger partial charge < -0.3 is 15.7 Å². The third kappa shape index (κ3) is 3.63. The molecule has 0 aromatic carbocycles. The van der Waals surface area contributed by atoms with Crippen LogP contribution in [0.3, 0.4) is 0 Å². The van der Waals surface area contributed by atoms with E-state index in [1.807, 2.05) is 6.07 Å². The summed E-state index contributed by atoms with van der Waals surface area (Å²) in [6.07, 6.45) is 4.39. The van der Waals surface area contributed by atoms with Crippen LogP contribution in [0, 0.1) is 0 Å². The number of aliphatic hydroxyl groups excluding tert-OH is 1. The van der Waals surface area contributed by atoms with Crippen molar-refractivity contribution in [1.29, 1.82) is 0 Å².